The van der Waals surface area contributed by atoms with Gasteiger partial charge in [-0.25, -0.2) is 4.39 Å². The van der Waals surface area contributed by atoms with Crippen LogP contribution in [0, 0.1) is 11.7 Å². The van der Waals surface area contributed by atoms with Crippen molar-refractivity contribution in [2.75, 3.05) is 21.3 Å². The zero-order valence-corrected chi connectivity index (χ0v) is 11.8. The molecule has 1 aromatic carbocycles. The fourth-order valence-electron chi connectivity index (χ4n) is 2.60. The molecule has 0 spiro atoms. The highest BCUT2D eigenvalue weighted by molar-refractivity contribution is 5.31. The lowest BCUT2D eigenvalue weighted by Crippen LogP contribution is -2.42. The summed E-state index contributed by atoms with van der Waals surface area (Å²) in [6, 6.07) is 5.39. The maximum absolute atomic E-state index is 14.2. The highest BCUT2D eigenvalue weighted by atomic mass is 19.1. The van der Waals surface area contributed by atoms with Gasteiger partial charge in [-0.15, -0.1) is 0 Å². The summed E-state index contributed by atoms with van der Waals surface area (Å²) in [5, 5.41) is 3.26. The second-order valence-corrected chi connectivity index (χ2v) is 5.07. The number of methoxy groups -OCH3 is 2. The first kappa shape index (κ1) is 14.3. The molecule has 2 atom stereocenters. The van der Waals surface area contributed by atoms with Crippen LogP contribution in [-0.4, -0.2) is 33.4 Å². The molecule has 2 rings (SSSR count). The Kier molecular flexibility index (Phi) is 4.77. The first-order chi connectivity index (χ1) is 9.21. The summed E-state index contributed by atoms with van der Waals surface area (Å²) in [7, 11) is 5.12. The van der Waals surface area contributed by atoms with Crippen LogP contribution in [0.5, 0.6) is 5.75 Å². The van der Waals surface area contributed by atoms with Crippen LogP contribution in [0.1, 0.15) is 18.4 Å². The van der Waals surface area contributed by atoms with E-state index < -0.39 is 0 Å². The minimum Gasteiger partial charge on any atom is -0.494 e. The lowest BCUT2D eigenvalue weighted by atomic mass is 9.97. The third-order valence-electron chi connectivity index (χ3n) is 3.83. The lowest BCUT2D eigenvalue weighted by molar-refractivity contribution is 0.0532. The molecular formula is C15H22FNO2. The lowest BCUT2D eigenvalue weighted by Gasteiger charge is -2.26. The topological polar surface area (TPSA) is 30.5 Å². The van der Waals surface area contributed by atoms with Crippen LogP contribution in [0.4, 0.5) is 4.39 Å². The van der Waals surface area contributed by atoms with Gasteiger partial charge in [0.1, 0.15) is 0 Å². The molecule has 1 aliphatic carbocycles. The Morgan fingerprint density at radius 1 is 1.37 bits per heavy atom. The molecular weight excluding hydrogens is 245 g/mol. The zero-order chi connectivity index (χ0) is 13.8. The average Bonchev–Trinajstić information content (AvgIpc) is 3.25. The number of halogens is 1. The van der Waals surface area contributed by atoms with E-state index in [1.54, 1.807) is 13.2 Å². The van der Waals surface area contributed by atoms with Crippen molar-refractivity contribution in [3.05, 3.63) is 29.6 Å². The van der Waals surface area contributed by atoms with Gasteiger partial charge < -0.3 is 14.8 Å². The molecule has 1 fully saturated rings. The second kappa shape index (κ2) is 6.35. The summed E-state index contributed by atoms with van der Waals surface area (Å²) in [4.78, 5) is 0. The smallest absolute Gasteiger partial charge is 0.168 e. The van der Waals surface area contributed by atoms with Gasteiger partial charge in [0.05, 0.1) is 13.2 Å². The van der Waals surface area contributed by atoms with Crippen LogP contribution >= 0.6 is 0 Å². The van der Waals surface area contributed by atoms with Crippen LogP contribution in [0.3, 0.4) is 0 Å². The van der Waals surface area contributed by atoms with Gasteiger partial charge in [0.2, 0.25) is 0 Å². The van der Waals surface area contributed by atoms with Crippen molar-refractivity contribution in [1.29, 1.82) is 0 Å². The van der Waals surface area contributed by atoms with E-state index in [0.717, 1.165) is 0 Å². The van der Waals surface area contributed by atoms with Gasteiger partial charge in [-0.05, 0) is 43.9 Å². The maximum atomic E-state index is 14.2. The van der Waals surface area contributed by atoms with Gasteiger partial charge in [0.15, 0.2) is 11.6 Å². The minimum atomic E-state index is -0.268. The van der Waals surface area contributed by atoms with Crippen molar-refractivity contribution < 1.29 is 13.9 Å². The normalized spacial score (nSPS) is 18.1. The summed E-state index contributed by atoms with van der Waals surface area (Å²) in [6.45, 7) is 0. The van der Waals surface area contributed by atoms with Crippen molar-refractivity contribution in [2.24, 2.45) is 5.92 Å². The Bertz CT molecular complexity index is 421. The summed E-state index contributed by atoms with van der Waals surface area (Å²) in [6.07, 6.45) is 3.17. The molecule has 1 N–H and O–H groups in total. The zero-order valence-electron chi connectivity index (χ0n) is 11.8. The van der Waals surface area contributed by atoms with Gasteiger partial charge in [0.25, 0.3) is 0 Å². The molecule has 0 saturated heterocycles. The molecule has 4 heteroatoms. The monoisotopic (exact) mass is 267 g/mol. The predicted molar refractivity (Wildman–Crippen MR) is 73.0 cm³/mol. The highest BCUT2D eigenvalue weighted by Crippen LogP contribution is 2.36. The van der Waals surface area contributed by atoms with Gasteiger partial charge >= 0.3 is 0 Å². The highest BCUT2D eigenvalue weighted by Gasteiger charge is 2.36. The van der Waals surface area contributed by atoms with Crippen LogP contribution in [-0.2, 0) is 11.2 Å². The van der Waals surface area contributed by atoms with Gasteiger partial charge in [-0.1, -0.05) is 12.1 Å². The fraction of sp³-hybridized carbons (Fsp3) is 0.600. The van der Waals surface area contributed by atoms with E-state index in [0.29, 0.717) is 23.7 Å². The number of likely N-dealkylation sites (N-methyl/N-ethyl adjacent to an activating group) is 1. The van der Waals surface area contributed by atoms with Gasteiger partial charge in [0, 0.05) is 13.2 Å². The van der Waals surface area contributed by atoms with Crippen molar-refractivity contribution in [3.63, 3.8) is 0 Å². The van der Waals surface area contributed by atoms with E-state index >= 15 is 0 Å². The van der Waals surface area contributed by atoms with E-state index in [2.05, 4.69) is 5.32 Å². The van der Waals surface area contributed by atoms with E-state index in [9.17, 15) is 4.39 Å². The van der Waals surface area contributed by atoms with Crippen molar-refractivity contribution in [3.8, 4) is 5.75 Å². The average molecular weight is 267 g/mol. The van der Waals surface area contributed by atoms with E-state index in [-0.39, 0.29) is 18.0 Å². The molecule has 0 amide bonds. The number of benzene rings is 1. The van der Waals surface area contributed by atoms with Gasteiger partial charge in [-0.2, -0.15) is 0 Å². The van der Waals surface area contributed by atoms with Crippen LogP contribution in [0.25, 0.3) is 0 Å². The Morgan fingerprint density at radius 3 is 2.63 bits per heavy atom. The van der Waals surface area contributed by atoms with E-state index in [1.165, 1.54) is 20.0 Å². The Hall–Kier alpha value is -1.13. The SMILES string of the molecule is CNC(Cc1cccc(OC)c1F)C(OC)C1CC1. The number of hydrogen-bond acceptors (Lipinski definition) is 3. The molecule has 0 bridgehead atoms. The molecule has 19 heavy (non-hydrogen) atoms. The first-order valence-electron chi connectivity index (χ1n) is 6.72. The number of rotatable bonds is 7. The van der Waals surface area contributed by atoms with Crippen molar-refractivity contribution in [1.82, 2.24) is 5.32 Å². The summed E-state index contributed by atoms with van der Waals surface area (Å²) in [5.74, 6) is 0.639. The Labute approximate surface area is 114 Å². The molecule has 0 aliphatic heterocycles. The quantitative estimate of drug-likeness (QED) is 0.823. The summed E-state index contributed by atoms with van der Waals surface area (Å²) < 4.78 is 24.8. The number of hydrogen-bond donors (Lipinski definition) is 1. The molecule has 0 radical (unpaired) electrons. The van der Waals surface area contributed by atoms with E-state index in [4.69, 9.17) is 9.47 Å². The summed E-state index contributed by atoms with van der Waals surface area (Å²) in [5.41, 5.74) is 0.668. The Balaban J connectivity index is 2.13. The Morgan fingerprint density at radius 2 is 2.11 bits per heavy atom. The second-order valence-electron chi connectivity index (χ2n) is 5.07. The molecule has 1 saturated carbocycles. The van der Waals surface area contributed by atoms with Crippen LogP contribution in [0.15, 0.2) is 18.2 Å². The first-order valence-corrected chi connectivity index (χ1v) is 6.72. The van der Waals surface area contributed by atoms with E-state index in [1.807, 2.05) is 19.2 Å². The molecule has 1 aromatic rings. The molecule has 0 heterocycles. The maximum Gasteiger partial charge on any atom is 0.168 e. The third-order valence-corrected chi connectivity index (χ3v) is 3.83. The van der Waals surface area contributed by atoms with Crippen LogP contribution in [0.2, 0.25) is 0 Å². The third kappa shape index (κ3) is 3.25. The predicted octanol–water partition coefficient (Wildman–Crippen LogP) is 2.39. The minimum absolute atomic E-state index is 0.124. The molecule has 106 valence electrons. The van der Waals surface area contributed by atoms with Gasteiger partial charge in [-0.3, -0.25) is 0 Å². The standard InChI is InChI=1S/C15H22FNO2/c1-17-12(15(19-3)10-7-8-10)9-11-5-4-6-13(18-2)14(11)16/h4-6,10,12,15,17H,7-9H2,1-3H3. The number of ether oxygens (including phenoxy) is 2. The molecule has 1 aliphatic rings. The molecule has 0 aromatic heterocycles. The molecule has 3 nitrogen and oxygen atoms in total. The number of nitrogens with one attached hydrogen (secondary N) is 1. The largest absolute Gasteiger partial charge is 0.494 e. The van der Waals surface area contributed by atoms with Crippen molar-refractivity contribution >= 4 is 0 Å². The van der Waals surface area contributed by atoms with Crippen molar-refractivity contribution in [2.45, 2.75) is 31.4 Å². The van der Waals surface area contributed by atoms with Crippen LogP contribution < -0.4 is 10.1 Å². The molecule has 2 unspecified atom stereocenters. The fourth-order valence-corrected chi connectivity index (χ4v) is 2.60. The summed E-state index contributed by atoms with van der Waals surface area (Å²) >= 11 is 0.